The molecule has 0 fully saturated rings. The summed E-state index contributed by atoms with van der Waals surface area (Å²) in [5.74, 6) is 0. The molecule has 2 aromatic rings. The van der Waals surface area contributed by atoms with E-state index in [0.29, 0.717) is 0 Å². The molecule has 0 amide bonds. The van der Waals surface area contributed by atoms with Crippen LogP contribution in [0.2, 0.25) is 0 Å². The predicted molar refractivity (Wildman–Crippen MR) is 87.0 cm³/mol. The smallest absolute Gasteiger partial charge is 0.0802 e. The molecule has 4 heteroatoms. The van der Waals surface area contributed by atoms with Crippen LogP contribution in [-0.4, -0.2) is 23.1 Å². The quantitative estimate of drug-likeness (QED) is 0.899. The highest BCUT2D eigenvalue weighted by Gasteiger charge is 2.18. The van der Waals surface area contributed by atoms with E-state index < -0.39 is 0 Å². The van der Waals surface area contributed by atoms with Crippen LogP contribution in [0.25, 0.3) is 0 Å². The number of nitrogens with zero attached hydrogens (tertiary/aromatic N) is 1. The van der Waals surface area contributed by atoms with Gasteiger partial charge in [0.15, 0.2) is 0 Å². The minimum atomic E-state index is -0.378. The summed E-state index contributed by atoms with van der Waals surface area (Å²) in [6.07, 6.45) is 1.56. The van der Waals surface area contributed by atoms with Gasteiger partial charge in [-0.05, 0) is 47.5 Å². The number of halogens is 1. The Bertz CT molecular complexity index is 583. The van der Waals surface area contributed by atoms with Gasteiger partial charge in [-0.25, -0.2) is 0 Å². The van der Waals surface area contributed by atoms with Gasteiger partial charge in [-0.15, -0.1) is 11.3 Å². The lowest BCUT2D eigenvalue weighted by Crippen LogP contribution is -2.31. The first-order chi connectivity index (χ1) is 9.72. The second-order valence-electron chi connectivity index (χ2n) is 5.25. The van der Waals surface area contributed by atoms with Gasteiger partial charge in [-0.2, -0.15) is 0 Å². The van der Waals surface area contributed by atoms with Crippen LogP contribution >= 0.6 is 27.3 Å². The molecule has 0 saturated carbocycles. The molecule has 1 aliphatic rings. The summed E-state index contributed by atoms with van der Waals surface area (Å²) in [5, 5.41) is 12.5. The first-order valence-electron chi connectivity index (χ1n) is 6.93. The Labute approximate surface area is 132 Å². The second kappa shape index (κ2) is 6.39. The molecule has 1 aliphatic heterocycles. The van der Waals surface area contributed by atoms with E-state index in [0.717, 1.165) is 42.5 Å². The van der Waals surface area contributed by atoms with Crippen molar-refractivity contribution in [3.63, 3.8) is 0 Å². The lowest BCUT2D eigenvalue weighted by molar-refractivity contribution is 0.137. The molecule has 1 aromatic carbocycles. The zero-order valence-corrected chi connectivity index (χ0v) is 13.7. The number of aliphatic hydroxyl groups excluding tert-OH is 1. The number of hydrogen-bond donors (Lipinski definition) is 1. The molecular weight excluding hydrogens is 334 g/mol. The molecule has 0 saturated heterocycles. The standard InChI is InChI=1S/C16H18BrNOS/c17-14-3-1-2-12(10-14)15(19)4-7-18-8-5-16-13(11-18)6-9-20-16/h1-3,6,9-10,15,19H,4-5,7-8,11H2. The number of thiophene rings is 1. The molecule has 106 valence electrons. The van der Waals surface area contributed by atoms with Crippen LogP contribution in [0, 0.1) is 0 Å². The van der Waals surface area contributed by atoms with Crippen molar-refractivity contribution in [2.75, 3.05) is 13.1 Å². The average Bonchev–Trinajstić information content (AvgIpc) is 2.92. The molecule has 0 aliphatic carbocycles. The summed E-state index contributed by atoms with van der Waals surface area (Å²) < 4.78 is 1.02. The van der Waals surface area contributed by atoms with Gasteiger partial charge in [-0.3, -0.25) is 4.90 Å². The van der Waals surface area contributed by atoms with E-state index in [1.807, 2.05) is 35.6 Å². The van der Waals surface area contributed by atoms with Gasteiger partial charge in [0.05, 0.1) is 6.10 Å². The van der Waals surface area contributed by atoms with Crippen molar-refractivity contribution in [3.05, 3.63) is 56.2 Å². The van der Waals surface area contributed by atoms with Crippen LogP contribution in [0.1, 0.15) is 28.5 Å². The molecule has 3 rings (SSSR count). The second-order valence-corrected chi connectivity index (χ2v) is 7.17. The fourth-order valence-electron chi connectivity index (χ4n) is 2.68. The lowest BCUT2D eigenvalue weighted by atomic mass is 10.1. The highest BCUT2D eigenvalue weighted by Crippen LogP contribution is 2.25. The molecule has 0 spiro atoms. The van der Waals surface area contributed by atoms with Gasteiger partial charge in [0.2, 0.25) is 0 Å². The highest BCUT2D eigenvalue weighted by atomic mass is 79.9. The Kier molecular flexibility index (Phi) is 4.56. The Balaban J connectivity index is 1.55. The molecule has 1 atom stereocenters. The molecule has 0 radical (unpaired) electrons. The van der Waals surface area contributed by atoms with Crippen molar-refractivity contribution >= 4 is 27.3 Å². The van der Waals surface area contributed by atoms with Crippen LogP contribution < -0.4 is 0 Å². The van der Waals surface area contributed by atoms with Gasteiger partial charge in [0.25, 0.3) is 0 Å². The summed E-state index contributed by atoms with van der Waals surface area (Å²) in [4.78, 5) is 3.98. The van der Waals surface area contributed by atoms with Crippen LogP contribution in [0.5, 0.6) is 0 Å². The summed E-state index contributed by atoms with van der Waals surface area (Å²) in [7, 11) is 0. The van der Waals surface area contributed by atoms with Crippen molar-refractivity contribution in [2.45, 2.75) is 25.5 Å². The lowest BCUT2D eigenvalue weighted by Gasteiger charge is -2.27. The topological polar surface area (TPSA) is 23.5 Å². The third kappa shape index (κ3) is 3.31. The molecule has 2 nitrogen and oxygen atoms in total. The fourth-order valence-corrected chi connectivity index (χ4v) is 3.99. The Hall–Kier alpha value is -0.680. The number of fused-ring (bicyclic) bond motifs is 1. The summed E-state index contributed by atoms with van der Waals surface area (Å²) in [6, 6.07) is 10.2. The largest absolute Gasteiger partial charge is 0.388 e. The van der Waals surface area contributed by atoms with E-state index in [1.165, 1.54) is 10.4 Å². The minimum Gasteiger partial charge on any atom is -0.388 e. The van der Waals surface area contributed by atoms with Gasteiger partial charge in [0.1, 0.15) is 0 Å². The third-order valence-electron chi connectivity index (χ3n) is 3.84. The summed E-state index contributed by atoms with van der Waals surface area (Å²) >= 11 is 5.32. The number of benzene rings is 1. The van der Waals surface area contributed by atoms with Gasteiger partial charge in [-0.1, -0.05) is 28.1 Å². The SMILES string of the molecule is OC(CCN1CCc2sccc2C1)c1cccc(Br)c1. The Morgan fingerprint density at radius 3 is 3.10 bits per heavy atom. The van der Waals surface area contributed by atoms with E-state index in [9.17, 15) is 5.11 Å². The minimum absolute atomic E-state index is 0.378. The molecule has 1 N–H and O–H groups in total. The van der Waals surface area contributed by atoms with Crippen molar-refractivity contribution in [1.29, 1.82) is 0 Å². The summed E-state index contributed by atoms with van der Waals surface area (Å²) in [6.45, 7) is 3.09. The zero-order valence-electron chi connectivity index (χ0n) is 11.3. The van der Waals surface area contributed by atoms with Crippen LogP contribution in [0.15, 0.2) is 40.2 Å². The first-order valence-corrected chi connectivity index (χ1v) is 8.61. The van der Waals surface area contributed by atoms with Gasteiger partial charge >= 0.3 is 0 Å². The summed E-state index contributed by atoms with van der Waals surface area (Å²) in [5.41, 5.74) is 2.46. The van der Waals surface area contributed by atoms with Crippen molar-refractivity contribution < 1.29 is 5.11 Å². The van der Waals surface area contributed by atoms with Crippen molar-refractivity contribution in [2.24, 2.45) is 0 Å². The number of rotatable bonds is 4. The van der Waals surface area contributed by atoms with E-state index in [2.05, 4.69) is 32.3 Å². The first kappa shape index (κ1) is 14.3. The Morgan fingerprint density at radius 1 is 1.35 bits per heavy atom. The van der Waals surface area contributed by atoms with E-state index >= 15 is 0 Å². The number of aliphatic hydroxyl groups is 1. The van der Waals surface area contributed by atoms with Crippen LogP contribution in [0.4, 0.5) is 0 Å². The zero-order chi connectivity index (χ0) is 13.9. The van der Waals surface area contributed by atoms with Crippen molar-refractivity contribution in [1.82, 2.24) is 4.90 Å². The molecule has 20 heavy (non-hydrogen) atoms. The molecular formula is C16H18BrNOS. The highest BCUT2D eigenvalue weighted by molar-refractivity contribution is 9.10. The molecule has 1 aromatic heterocycles. The van der Waals surface area contributed by atoms with E-state index in [4.69, 9.17) is 0 Å². The van der Waals surface area contributed by atoms with E-state index in [-0.39, 0.29) is 6.10 Å². The predicted octanol–water partition coefficient (Wildman–Crippen LogP) is 3.99. The maximum Gasteiger partial charge on any atom is 0.0802 e. The van der Waals surface area contributed by atoms with Gasteiger partial charge in [0, 0.05) is 29.0 Å². The van der Waals surface area contributed by atoms with E-state index in [1.54, 1.807) is 0 Å². The average molecular weight is 352 g/mol. The van der Waals surface area contributed by atoms with Crippen molar-refractivity contribution in [3.8, 4) is 0 Å². The fraction of sp³-hybridized carbons (Fsp3) is 0.375. The molecule has 1 unspecified atom stereocenters. The molecule has 0 bridgehead atoms. The third-order valence-corrected chi connectivity index (χ3v) is 5.36. The maximum atomic E-state index is 10.3. The normalized spacial score (nSPS) is 16.9. The number of hydrogen-bond acceptors (Lipinski definition) is 3. The molecule has 2 heterocycles. The monoisotopic (exact) mass is 351 g/mol. The maximum absolute atomic E-state index is 10.3. The van der Waals surface area contributed by atoms with Crippen LogP contribution in [-0.2, 0) is 13.0 Å². The van der Waals surface area contributed by atoms with Crippen LogP contribution in [0.3, 0.4) is 0 Å². The van der Waals surface area contributed by atoms with Gasteiger partial charge < -0.3 is 5.11 Å². The Morgan fingerprint density at radius 2 is 2.25 bits per heavy atom.